The third kappa shape index (κ3) is 4.93. The van der Waals surface area contributed by atoms with Crippen molar-refractivity contribution in [3.05, 3.63) is 58.6 Å². The number of hydroxylamine groups is 2. The molecule has 0 radical (unpaired) electrons. The lowest BCUT2D eigenvalue weighted by Crippen LogP contribution is -2.41. The molecule has 1 atom stereocenters. The van der Waals surface area contributed by atoms with Gasteiger partial charge in [0.25, 0.3) is 5.91 Å². The number of hydrogen-bond acceptors (Lipinski definition) is 5. The molecule has 2 aromatic carbocycles. The molecule has 1 N–H and O–H groups in total. The summed E-state index contributed by atoms with van der Waals surface area (Å²) in [5, 5.41) is 9.82. The molecular weight excluding hydrogens is 403 g/mol. The standard InChI is InChI=1S/C18H15ClF3NO5/c1-10(17(25)27-2)23(26)16(24)11-4-3-5-13(8-11)28-15-7-6-12(9-14(15)19)18(20,21)22/h3-10,26H,1-2H3. The normalized spacial score (nSPS) is 12.2. The first-order valence-electron chi connectivity index (χ1n) is 7.79. The topological polar surface area (TPSA) is 76.1 Å². The van der Waals surface area contributed by atoms with E-state index in [0.29, 0.717) is 0 Å². The van der Waals surface area contributed by atoms with Crippen LogP contribution in [0.5, 0.6) is 11.5 Å². The van der Waals surface area contributed by atoms with Crippen molar-refractivity contribution < 1.29 is 37.4 Å². The molecule has 0 aliphatic heterocycles. The van der Waals surface area contributed by atoms with E-state index in [4.69, 9.17) is 16.3 Å². The summed E-state index contributed by atoms with van der Waals surface area (Å²) < 4.78 is 48.0. The molecule has 150 valence electrons. The fourth-order valence-electron chi connectivity index (χ4n) is 2.16. The second kappa shape index (κ2) is 8.49. The van der Waals surface area contributed by atoms with Gasteiger partial charge in [-0.3, -0.25) is 10.0 Å². The van der Waals surface area contributed by atoms with Crippen LogP contribution >= 0.6 is 11.6 Å². The Kier molecular flexibility index (Phi) is 6.52. The third-order valence-electron chi connectivity index (χ3n) is 3.69. The van der Waals surface area contributed by atoms with Crippen molar-refractivity contribution in [3.8, 4) is 11.5 Å². The van der Waals surface area contributed by atoms with Crippen LogP contribution in [0.3, 0.4) is 0 Å². The highest BCUT2D eigenvalue weighted by Crippen LogP contribution is 2.36. The quantitative estimate of drug-likeness (QED) is 0.439. The Hall–Kier alpha value is -2.78. The van der Waals surface area contributed by atoms with Crippen LogP contribution in [0.2, 0.25) is 5.02 Å². The first-order valence-corrected chi connectivity index (χ1v) is 8.17. The Bertz CT molecular complexity index is 888. The van der Waals surface area contributed by atoms with Gasteiger partial charge in [0, 0.05) is 5.56 Å². The van der Waals surface area contributed by atoms with E-state index >= 15 is 0 Å². The Morgan fingerprint density at radius 2 is 1.86 bits per heavy atom. The maximum atomic E-state index is 12.7. The number of alkyl halides is 3. The van der Waals surface area contributed by atoms with Crippen LogP contribution < -0.4 is 4.74 Å². The van der Waals surface area contributed by atoms with Crippen molar-refractivity contribution >= 4 is 23.5 Å². The van der Waals surface area contributed by atoms with E-state index in [2.05, 4.69) is 4.74 Å². The molecule has 0 aromatic heterocycles. The van der Waals surface area contributed by atoms with Crippen LogP contribution in [0, 0.1) is 0 Å². The van der Waals surface area contributed by atoms with E-state index in [9.17, 15) is 28.0 Å². The van der Waals surface area contributed by atoms with Gasteiger partial charge in [0.1, 0.15) is 11.5 Å². The molecule has 0 saturated heterocycles. The number of ether oxygens (including phenoxy) is 2. The zero-order valence-corrected chi connectivity index (χ0v) is 15.4. The molecule has 2 rings (SSSR count). The van der Waals surface area contributed by atoms with Crippen LogP contribution in [-0.4, -0.2) is 35.3 Å². The summed E-state index contributed by atoms with van der Waals surface area (Å²) in [6.45, 7) is 1.27. The molecule has 2 aromatic rings. The number of esters is 1. The van der Waals surface area contributed by atoms with E-state index in [1.165, 1.54) is 31.2 Å². The lowest BCUT2D eigenvalue weighted by molar-refractivity contribution is -0.159. The van der Waals surface area contributed by atoms with Crippen molar-refractivity contribution in [1.82, 2.24) is 5.06 Å². The second-order valence-electron chi connectivity index (χ2n) is 5.62. The number of rotatable bonds is 5. The zero-order chi connectivity index (χ0) is 21.1. The Balaban J connectivity index is 2.22. The van der Waals surface area contributed by atoms with Crippen molar-refractivity contribution in [2.24, 2.45) is 0 Å². The zero-order valence-electron chi connectivity index (χ0n) is 14.7. The van der Waals surface area contributed by atoms with Gasteiger partial charge in [-0.1, -0.05) is 17.7 Å². The number of carbonyl (C=O) groups is 2. The van der Waals surface area contributed by atoms with Gasteiger partial charge in [0.2, 0.25) is 0 Å². The molecule has 0 bridgehead atoms. The number of nitrogens with zero attached hydrogens (tertiary/aromatic N) is 1. The average molecular weight is 418 g/mol. The van der Waals surface area contributed by atoms with E-state index < -0.39 is 29.7 Å². The minimum absolute atomic E-state index is 0.0289. The predicted octanol–water partition coefficient (Wildman–Crippen LogP) is 4.54. The van der Waals surface area contributed by atoms with E-state index in [1.807, 2.05) is 0 Å². The Morgan fingerprint density at radius 1 is 1.18 bits per heavy atom. The fourth-order valence-corrected chi connectivity index (χ4v) is 2.38. The molecule has 28 heavy (non-hydrogen) atoms. The summed E-state index contributed by atoms with van der Waals surface area (Å²) in [4.78, 5) is 23.7. The van der Waals surface area contributed by atoms with Gasteiger partial charge in [0.15, 0.2) is 6.04 Å². The minimum Gasteiger partial charge on any atom is -0.467 e. The summed E-state index contributed by atoms with van der Waals surface area (Å²) in [7, 11) is 1.11. The highest BCUT2D eigenvalue weighted by molar-refractivity contribution is 6.32. The van der Waals surface area contributed by atoms with Gasteiger partial charge < -0.3 is 9.47 Å². The Morgan fingerprint density at radius 3 is 2.43 bits per heavy atom. The van der Waals surface area contributed by atoms with Crippen molar-refractivity contribution in [3.63, 3.8) is 0 Å². The summed E-state index contributed by atoms with van der Waals surface area (Å²) in [6, 6.07) is 6.81. The summed E-state index contributed by atoms with van der Waals surface area (Å²) in [6.07, 6.45) is -4.55. The van der Waals surface area contributed by atoms with Crippen LogP contribution in [0.15, 0.2) is 42.5 Å². The first kappa shape index (κ1) is 21.5. The summed E-state index contributed by atoms with van der Waals surface area (Å²) >= 11 is 5.84. The highest BCUT2D eigenvalue weighted by atomic mass is 35.5. The minimum atomic E-state index is -4.55. The number of benzene rings is 2. The van der Waals surface area contributed by atoms with Crippen molar-refractivity contribution in [1.29, 1.82) is 0 Å². The summed E-state index contributed by atoms with van der Waals surface area (Å²) in [5.74, 6) is -1.68. The monoisotopic (exact) mass is 417 g/mol. The van der Waals surface area contributed by atoms with Crippen LogP contribution in [0.4, 0.5) is 13.2 Å². The second-order valence-corrected chi connectivity index (χ2v) is 6.03. The molecule has 6 nitrogen and oxygen atoms in total. The molecule has 1 amide bonds. The van der Waals surface area contributed by atoms with E-state index in [-0.39, 0.29) is 27.1 Å². The third-order valence-corrected chi connectivity index (χ3v) is 3.98. The number of amides is 1. The number of methoxy groups -OCH3 is 1. The first-order chi connectivity index (χ1) is 13.0. The lowest BCUT2D eigenvalue weighted by Gasteiger charge is -2.20. The maximum Gasteiger partial charge on any atom is 0.416 e. The van der Waals surface area contributed by atoms with Gasteiger partial charge in [0.05, 0.1) is 17.7 Å². The number of carbonyl (C=O) groups excluding carboxylic acids is 2. The number of halogens is 4. The highest BCUT2D eigenvalue weighted by Gasteiger charge is 2.31. The van der Waals surface area contributed by atoms with Gasteiger partial charge in [-0.15, -0.1) is 0 Å². The molecular formula is C18H15ClF3NO5. The molecule has 10 heteroatoms. The molecule has 0 saturated carbocycles. The Labute approximate surface area is 163 Å². The summed E-state index contributed by atoms with van der Waals surface area (Å²) in [5.41, 5.74) is -0.958. The fraction of sp³-hybridized carbons (Fsp3) is 0.222. The SMILES string of the molecule is COC(=O)C(C)N(O)C(=O)c1cccc(Oc2ccc(C(F)(F)F)cc2Cl)c1. The van der Waals surface area contributed by atoms with E-state index in [1.54, 1.807) is 0 Å². The predicted molar refractivity (Wildman–Crippen MR) is 92.4 cm³/mol. The lowest BCUT2D eigenvalue weighted by atomic mass is 10.1. The van der Waals surface area contributed by atoms with Gasteiger partial charge in [-0.2, -0.15) is 13.2 Å². The van der Waals surface area contributed by atoms with Crippen molar-refractivity contribution in [2.45, 2.75) is 19.1 Å². The molecule has 0 heterocycles. The number of hydrogen-bond donors (Lipinski definition) is 1. The van der Waals surface area contributed by atoms with E-state index in [0.717, 1.165) is 25.3 Å². The van der Waals surface area contributed by atoms with Crippen LogP contribution in [0.1, 0.15) is 22.8 Å². The van der Waals surface area contributed by atoms with Crippen LogP contribution in [-0.2, 0) is 15.7 Å². The smallest absolute Gasteiger partial charge is 0.416 e. The van der Waals surface area contributed by atoms with Crippen LogP contribution in [0.25, 0.3) is 0 Å². The maximum absolute atomic E-state index is 12.7. The molecule has 0 aliphatic carbocycles. The average Bonchev–Trinajstić information content (AvgIpc) is 2.66. The van der Waals surface area contributed by atoms with Gasteiger partial charge >= 0.3 is 12.1 Å². The molecule has 0 spiro atoms. The molecule has 1 unspecified atom stereocenters. The largest absolute Gasteiger partial charge is 0.467 e. The molecule has 0 fully saturated rings. The van der Waals surface area contributed by atoms with Gasteiger partial charge in [-0.05, 0) is 43.3 Å². The van der Waals surface area contributed by atoms with Crippen molar-refractivity contribution in [2.75, 3.05) is 7.11 Å². The van der Waals surface area contributed by atoms with Gasteiger partial charge in [-0.25, -0.2) is 9.86 Å². The molecule has 0 aliphatic rings.